The molecular weight excluding hydrogens is 152 g/mol. The number of carbonyl (C=O) groups excluding carboxylic acids is 1. The van der Waals surface area contributed by atoms with E-state index in [1.54, 1.807) is 0 Å². The van der Waals surface area contributed by atoms with E-state index in [0.29, 0.717) is 24.5 Å². The number of nitrogens with zero attached hydrogens (tertiary/aromatic N) is 1. The van der Waals surface area contributed by atoms with Crippen molar-refractivity contribution in [3.8, 4) is 0 Å². The smallest absolute Gasteiger partial charge is 0.225 e. The van der Waals surface area contributed by atoms with Gasteiger partial charge in [0.25, 0.3) is 0 Å². The van der Waals surface area contributed by atoms with Crippen LogP contribution in [0.2, 0.25) is 0 Å². The lowest BCUT2D eigenvalue weighted by Gasteiger charge is -2.44. The van der Waals surface area contributed by atoms with Gasteiger partial charge in [-0.3, -0.25) is 10.1 Å². The Morgan fingerprint density at radius 1 is 1.50 bits per heavy atom. The van der Waals surface area contributed by atoms with Crippen molar-refractivity contribution in [2.24, 2.45) is 0 Å². The van der Waals surface area contributed by atoms with Crippen LogP contribution in [-0.4, -0.2) is 29.6 Å². The largest absolute Gasteiger partial charge is 0.324 e. The minimum Gasteiger partial charge on any atom is -0.324 e. The van der Waals surface area contributed by atoms with Crippen molar-refractivity contribution in [1.82, 2.24) is 10.2 Å². The summed E-state index contributed by atoms with van der Waals surface area (Å²) in [5, 5.41) is 3.39. The Morgan fingerprint density at radius 3 is 3.08 bits per heavy atom. The summed E-state index contributed by atoms with van der Waals surface area (Å²) in [7, 11) is 0. The summed E-state index contributed by atoms with van der Waals surface area (Å²) in [4.78, 5) is 13.6. The summed E-state index contributed by atoms with van der Waals surface area (Å²) >= 11 is 0. The first-order valence-corrected chi connectivity index (χ1v) is 4.83. The maximum absolute atomic E-state index is 11.5. The zero-order chi connectivity index (χ0) is 8.55. The highest BCUT2D eigenvalue weighted by Crippen LogP contribution is 2.23. The Kier molecular flexibility index (Phi) is 2.05. The van der Waals surface area contributed by atoms with Crippen molar-refractivity contribution in [2.45, 2.75) is 44.8 Å². The fourth-order valence-corrected chi connectivity index (χ4v) is 2.29. The quantitative estimate of drug-likeness (QED) is 0.577. The highest BCUT2D eigenvalue weighted by Gasteiger charge is 2.33. The molecule has 0 saturated carbocycles. The third-order valence-corrected chi connectivity index (χ3v) is 2.92. The maximum atomic E-state index is 11.5. The molecule has 1 N–H and O–H groups in total. The van der Waals surface area contributed by atoms with Crippen LogP contribution in [0.15, 0.2) is 0 Å². The molecule has 2 aliphatic heterocycles. The number of amides is 1. The second kappa shape index (κ2) is 3.05. The van der Waals surface area contributed by atoms with Gasteiger partial charge < -0.3 is 4.90 Å². The first-order valence-electron chi connectivity index (χ1n) is 4.83. The Balaban J connectivity index is 2.12. The van der Waals surface area contributed by atoms with E-state index in [2.05, 4.69) is 12.2 Å². The summed E-state index contributed by atoms with van der Waals surface area (Å²) in [5.74, 6) is 0.339. The number of carbonyl (C=O) groups is 1. The van der Waals surface area contributed by atoms with Crippen molar-refractivity contribution in [3.05, 3.63) is 0 Å². The molecule has 68 valence electrons. The van der Waals surface area contributed by atoms with E-state index in [-0.39, 0.29) is 0 Å². The summed E-state index contributed by atoms with van der Waals surface area (Å²) in [5.41, 5.74) is 0. The first kappa shape index (κ1) is 8.05. The zero-order valence-electron chi connectivity index (χ0n) is 7.55. The van der Waals surface area contributed by atoms with Gasteiger partial charge in [0.2, 0.25) is 5.91 Å². The number of piperidine rings is 1. The van der Waals surface area contributed by atoms with E-state index in [0.717, 1.165) is 13.0 Å². The molecule has 3 nitrogen and oxygen atoms in total. The van der Waals surface area contributed by atoms with E-state index < -0.39 is 0 Å². The molecule has 0 aromatic rings. The van der Waals surface area contributed by atoms with Gasteiger partial charge in [-0.2, -0.15) is 0 Å². The van der Waals surface area contributed by atoms with Crippen LogP contribution < -0.4 is 5.32 Å². The van der Waals surface area contributed by atoms with E-state index in [9.17, 15) is 4.79 Å². The highest BCUT2D eigenvalue weighted by atomic mass is 16.2. The van der Waals surface area contributed by atoms with Gasteiger partial charge in [-0.1, -0.05) is 0 Å². The predicted molar refractivity (Wildman–Crippen MR) is 46.6 cm³/mol. The molecule has 0 aromatic carbocycles. The summed E-state index contributed by atoms with van der Waals surface area (Å²) in [6.07, 6.45) is 4.58. The molecule has 0 radical (unpaired) electrons. The van der Waals surface area contributed by atoms with Crippen LogP contribution in [0.3, 0.4) is 0 Å². The highest BCUT2D eigenvalue weighted by molar-refractivity contribution is 5.77. The normalized spacial score (nSPS) is 36.4. The number of hydrogen-bond acceptors (Lipinski definition) is 2. The van der Waals surface area contributed by atoms with Gasteiger partial charge in [0.05, 0.1) is 6.17 Å². The fraction of sp³-hybridized carbons (Fsp3) is 0.889. The topological polar surface area (TPSA) is 32.3 Å². The molecule has 2 fully saturated rings. The Labute approximate surface area is 73.1 Å². The molecule has 2 atom stereocenters. The molecule has 0 aromatic heterocycles. The van der Waals surface area contributed by atoms with Crippen molar-refractivity contribution < 1.29 is 4.79 Å². The number of hydrogen-bond donors (Lipinski definition) is 1. The molecule has 1 amide bonds. The van der Waals surface area contributed by atoms with Crippen molar-refractivity contribution in [3.63, 3.8) is 0 Å². The molecule has 2 rings (SSSR count). The second-order valence-corrected chi connectivity index (χ2v) is 3.80. The van der Waals surface area contributed by atoms with Crippen molar-refractivity contribution in [2.75, 3.05) is 6.54 Å². The maximum Gasteiger partial charge on any atom is 0.225 e. The van der Waals surface area contributed by atoms with Crippen LogP contribution in [0.1, 0.15) is 32.6 Å². The lowest BCUT2D eigenvalue weighted by Crippen LogP contribution is -2.59. The Morgan fingerprint density at radius 2 is 2.33 bits per heavy atom. The minimum atomic E-state index is 0.339. The molecule has 0 aliphatic carbocycles. The molecule has 2 heterocycles. The van der Waals surface area contributed by atoms with Crippen LogP contribution in [-0.2, 0) is 4.79 Å². The van der Waals surface area contributed by atoms with Crippen molar-refractivity contribution >= 4 is 5.91 Å². The molecule has 0 unspecified atom stereocenters. The predicted octanol–water partition coefficient (Wildman–Crippen LogP) is 0.707. The number of rotatable bonds is 0. The standard InChI is InChI=1S/C9H16N2O/c1-7-3-2-4-8-10-6-5-9(12)11(7)8/h7-8,10H,2-6H2,1H3/t7-,8+/m0/s1. The van der Waals surface area contributed by atoms with Crippen LogP contribution in [0, 0.1) is 0 Å². The van der Waals surface area contributed by atoms with E-state index in [1.165, 1.54) is 12.8 Å². The van der Waals surface area contributed by atoms with E-state index >= 15 is 0 Å². The zero-order valence-corrected chi connectivity index (χ0v) is 7.55. The molecule has 2 saturated heterocycles. The van der Waals surface area contributed by atoms with Gasteiger partial charge in [0, 0.05) is 19.0 Å². The van der Waals surface area contributed by atoms with Gasteiger partial charge in [-0.05, 0) is 26.2 Å². The van der Waals surface area contributed by atoms with Crippen LogP contribution in [0.4, 0.5) is 0 Å². The lowest BCUT2D eigenvalue weighted by molar-refractivity contribution is -0.141. The third-order valence-electron chi connectivity index (χ3n) is 2.92. The molecule has 3 heteroatoms. The molecule has 0 spiro atoms. The molecule has 2 aliphatic rings. The number of fused-ring (bicyclic) bond motifs is 1. The monoisotopic (exact) mass is 168 g/mol. The second-order valence-electron chi connectivity index (χ2n) is 3.80. The van der Waals surface area contributed by atoms with E-state index in [1.807, 2.05) is 4.90 Å². The first-order chi connectivity index (χ1) is 5.79. The lowest BCUT2D eigenvalue weighted by atomic mass is 9.98. The summed E-state index contributed by atoms with van der Waals surface area (Å²) in [6.45, 7) is 3.02. The average molecular weight is 168 g/mol. The average Bonchev–Trinajstić information content (AvgIpc) is 2.04. The van der Waals surface area contributed by atoms with Crippen molar-refractivity contribution in [1.29, 1.82) is 0 Å². The van der Waals surface area contributed by atoms with Gasteiger partial charge in [0.1, 0.15) is 0 Å². The fourth-order valence-electron chi connectivity index (χ4n) is 2.29. The Bertz CT molecular complexity index is 191. The van der Waals surface area contributed by atoms with Crippen LogP contribution in [0.25, 0.3) is 0 Å². The summed E-state index contributed by atoms with van der Waals surface area (Å²) in [6, 6.07) is 0.448. The number of nitrogens with one attached hydrogen (secondary N) is 1. The van der Waals surface area contributed by atoms with Gasteiger partial charge in [0.15, 0.2) is 0 Å². The minimum absolute atomic E-state index is 0.339. The van der Waals surface area contributed by atoms with Gasteiger partial charge >= 0.3 is 0 Å². The van der Waals surface area contributed by atoms with E-state index in [4.69, 9.17) is 0 Å². The Hall–Kier alpha value is -0.570. The third kappa shape index (κ3) is 1.22. The van der Waals surface area contributed by atoms with Gasteiger partial charge in [-0.25, -0.2) is 0 Å². The molecule has 0 bridgehead atoms. The molecule has 12 heavy (non-hydrogen) atoms. The van der Waals surface area contributed by atoms with Crippen LogP contribution >= 0.6 is 0 Å². The van der Waals surface area contributed by atoms with Crippen LogP contribution in [0.5, 0.6) is 0 Å². The SMILES string of the molecule is C[C@H]1CCC[C@@H]2NCCC(=O)N21. The summed E-state index contributed by atoms with van der Waals surface area (Å²) < 4.78 is 0. The van der Waals surface area contributed by atoms with Gasteiger partial charge in [-0.15, -0.1) is 0 Å². The molecular formula is C9H16N2O.